The summed E-state index contributed by atoms with van der Waals surface area (Å²) in [5.74, 6) is -0.429. The largest absolute Gasteiger partial charge is 0.462 e. The fourth-order valence-electron chi connectivity index (χ4n) is 6.75. The van der Waals surface area contributed by atoms with Crippen molar-refractivity contribution in [3.8, 4) is 0 Å². The molecule has 0 spiro atoms. The van der Waals surface area contributed by atoms with E-state index >= 15 is 0 Å². The Morgan fingerprint density at radius 1 is 0.411 bits per heavy atom. The van der Waals surface area contributed by atoms with Crippen molar-refractivity contribution in [3.05, 3.63) is 48.6 Å². The molecule has 5 nitrogen and oxygen atoms in total. The number of unbranched alkanes of at least 4 members (excludes halogenated alkanes) is 25. The van der Waals surface area contributed by atoms with Crippen LogP contribution >= 0.6 is 0 Å². The van der Waals surface area contributed by atoms with Gasteiger partial charge in [-0.15, -0.1) is 0 Å². The summed E-state index contributed by atoms with van der Waals surface area (Å²) in [6.07, 6.45) is 56.8. The van der Waals surface area contributed by atoms with Crippen molar-refractivity contribution in [3.63, 3.8) is 0 Å². The Balaban J connectivity index is 4.27. The van der Waals surface area contributed by atoms with E-state index in [9.17, 15) is 9.59 Å². The molecule has 0 aromatic carbocycles. The molecule has 0 aliphatic rings. The summed E-state index contributed by atoms with van der Waals surface area (Å²) in [5, 5.41) is 0. The number of rotatable bonds is 44. The minimum atomic E-state index is -0.546. The van der Waals surface area contributed by atoms with Crippen LogP contribution in [0, 0.1) is 0 Å². The van der Waals surface area contributed by atoms with Crippen molar-refractivity contribution in [1.82, 2.24) is 0 Å². The topological polar surface area (TPSA) is 61.8 Å². The SMILES string of the molecule is CC/C=C\C/C=C\C/C=C\CCCCCC(=O)OCC(COCCCCCCCC/C=C\CCCCCCCC)OC(=O)CCCCCCCCCCCCC. The zero-order valence-electron chi connectivity index (χ0n) is 37.4. The molecule has 0 saturated heterocycles. The quantitative estimate of drug-likeness (QED) is 0.0350. The maximum Gasteiger partial charge on any atom is 0.306 e. The summed E-state index contributed by atoms with van der Waals surface area (Å²) in [7, 11) is 0. The molecule has 0 saturated carbocycles. The van der Waals surface area contributed by atoms with E-state index in [2.05, 4.69) is 69.4 Å². The fraction of sp³-hybridized carbons (Fsp3) is 0.804. The van der Waals surface area contributed by atoms with Gasteiger partial charge in [0.1, 0.15) is 6.61 Å². The third-order valence-corrected chi connectivity index (χ3v) is 10.3. The third kappa shape index (κ3) is 44.6. The van der Waals surface area contributed by atoms with E-state index in [1.165, 1.54) is 135 Å². The molecule has 0 bridgehead atoms. The standard InChI is InChI=1S/C51H92O5/c1-4-7-10-13-16-19-22-24-25-26-28-31-34-37-40-43-46-54-47-49(56-51(53)45-42-39-36-33-29-21-18-15-12-9-6-3)48-55-50(52)44-41-38-35-32-30-27-23-20-17-14-11-8-5-2/h8,11,17,20,24-25,27,30,49H,4-7,9-10,12-16,18-19,21-23,26,28-29,31-48H2,1-3H3/b11-8-,20-17-,25-24-,30-27-. The average Bonchev–Trinajstić information content (AvgIpc) is 3.20. The molecular weight excluding hydrogens is 693 g/mol. The monoisotopic (exact) mass is 785 g/mol. The first-order valence-electron chi connectivity index (χ1n) is 24.2. The first-order valence-corrected chi connectivity index (χ1v) is 24.2. The van der Waals surface area contributed by atoms with Gasteiger partial charge in [-0.3, -0.25) is 9.59 Å². The van der Waals surface area contributed by atoms with Crippen LogP contribution in [0.15, 0.2) is 48.6 Å². The van der Waals surface area contributed by atoms with Crippen LogP contribution in [0.1, 0.15) is 239 Å². The molecule has 0 aromatic heterocycles. The van der Waals surface area contributed by atoms with Crippen LogP contribution in [0.3, 0.4) is 0 Å². The number of carbonyl (C=O) groups excluding carboxylic acids is 2. The second-order valence-electron chi connectivity index (χ2n) is 16.0. The van der Waals surface area contributed by atoms with Crippen molar-refractivity contribution in [2.75, 3.05) is 19.8 Å². The number of ether oxygens (including phenoxy) is 3. The van der Waals surface area contributed by atoms with Crippen LogP contribution in [-0.4, -0.2) is 37.9 Å². The van der Waals surface area contributed by atoms with E-state index in [0.717, 1.165) is 70.6 Å². The molecule has 56 heavy (non-hydrogen) atoms. The van der Waals surface area contributed by atoms with E-state index in [4.69, 9.17) is 14.2 Å². The van der Waals surface area contributed by atoms with Crippen molar-refractivity contribution in [1.29, 1.82) is 0 Å². The molecule has 0 amide bonds. The van der Waals surface area contributed by atoms with Gasteiger partial charge < -0.3 is 14.2 Å². The van der Waals surface area contributed by atoms with Gasteiger partial charge in [0.25, 0.3) is 0 Å². The van der Waals surface area contributed by atoms with Crippen LogP contribution in [0.25, 0.3) is 0 Å². The highest BCUT2D eigenvalue weighted by Gasteiger charge is 2.17. The molecule has 0 aliphatic heterocycles. The zero-order chi connectivity index (χ0) is 40.7. The van der Waals surface area contributed by atoms with Crippen molar-refractivity contribution >= 4 is 11.9 Å². The summed E-state index contributed by atoms with van der Waals surface area (Å²) in [6.45, 7) is 7.68. The summed E-state index contributed by atoms with van der Waals surface area (Å²) < 4.78 is 17.3. The van der Waals surface area contributed by atoms with Gasteiger partial charge in [0, 0.05) is 19.4 Å². The Morgan fingerprint density at radius 2 is 0.804 bits per heavy atom. The van der Waals surface area contributed by atoms with Crippen molar-refractivity contribution in [2.45, 2.75) is 245 Å². The third-order valence-electron chi connectivity index (χ3n) is 10.3. The molecule has 0 rings (SSSR count). The first kappa shape index (κ1) is 53.9. The summed E-state index contributed by atoms with van der Waals surface area (Å²) in [4.78, 5) is 25.3. The normalized spacial score (nSPS) is 12.6. The molecule has 326 valence electrons. The lowest BCUT2D eigenvalue weighted by atomic mass is 10.1. The summed E-state index contributed by atoms with van der Waals surface area (Å²) in [5.41, 5.74) is 0. The van der Waals surface area contributed by atoms with Gasteiger partial charge in [-0.05, 0) is 77.0 Å². The van der Waals surface area contributed by atoms with Gasteiger partial charge in [-0.1, -0.05) is 198 Å². The van der Waals surface area contributed by atoms with E-state index in [1.54, 1.807) is 0 Å². The van der Waals surface area contributed by atoms with Crippen molar-refractivity contribution in [2.24, 2.45) is 0 Å². The highest BCUT2D eigenvalue weighted by atomic mass is 16.6. The van der Waals surface area contributed by atoms with Crippen LogP contribution in [0.5, 0.6) is 0 Å². The van der Waals surface area contributed by atoms with Gasteiger partial charge in [-0.25, -0.2) is 0 Å². The van der Waals surface area contributed by atoms with Crippen LogP contribution < -0.4 is 0 Å². The van der Waals surface area contributed by atoms with Crippen molar-refractivity contribution < 1.29 is 23.8 Å². The highest BCUT2D eigenvalue weighted by molar-refractivity contribution is 5.70. The van der Waals surface area contributed by atoms with Gasteiger partial charge in [0.15, 0.2) is 6.10 Å². The lowest BCUT2D eigenvalue weighted by molar-refractivity contribution is -0.163. The fourth-order valence-corrected chi connectivity index (χ4v) is 6.75. The molecule has 0 N–H and O–H groups in total. The minimum absolute atomic E-state index is 0.0702. The lowest BCUT2D eigenvalue weighted by Crippen LogP contribution is -2.30. The summed E-state index contributed by atoms with van der Waals surface area (Å²) in [6, 6.07) is 0. The highest BCUT2D eigenvalue weighted by Crippen LogP contribution is 2.14. The minimum Gasteiger partial charge on any atom is -0.462 e. The Hall–Kier alpha value is -2.14. The Labute approximate surface area is 348 Å². The molecule has 0 heterocycles. The van der Waals surface area contributed by atoms with Gasteiger partial charge >= 0.3 is 11.9 Å². The zero-order valence-corrected chi connectivity index (χ0v) is 37.4. The second kappa shape index (κ2) is 47.2. The number of hydrogen-bond acceptors (Lipinski definition) is 5. The molecule has 0 radical (unpaired) electrons. The lowest BCUT2D eigenvalue weighted by Gasteiger charge is -2.18. The number of esters is 2. The predicted molar refractivity (Wildman–Crippen MR) is 242 cm³/mol. The maximum atomic E-state index is 12.7. The van der Waals surface area contributed by atoms with E-state index in [-0.39, 0.29) is 25.2 Å². The molecule has 1 unspecified atom stereocenters. The molecule has 0 aromatic rings. The summed E-state index contributed by atoms with van der Waals surface area (Å²) >= 11 is 0. The predicted octanol–water partition coefficient (Wildman–Crippen LogP) is 16.0. The number of hydrogen-bond donors (Lipinski definition) is 0. The average molecular weight is 785 g/mol. The van der Waals surface area contributed by atoms with E-state index < -0.39 is 6.10 Å². The number of allylic oxidation sites excluding steroid dienone is 8. The van der Waals surface area contributed by atoms with Crippen LogP contribution in [0.4, 0.5) is 0 Å². The van der Waals surface area contributed by atoms with Gasteiger partial charge in [0.2, 0.25) is 0 Å². The molecule has 0 fully saturated rings. The molecular formula is C51H92O5. The Morgan fingerprint density at radius 3 is 1.32 bits per heavy atom. The molecule has 1 atom stereocenters. The van der Waals surface area contributed by atoms with Gasteiger partial charge in [-0.2, -0.15) is 0 Å². The maximum absolute atomic E-state index is 12.7. The Bertz CT molecular complexity index is 935. The van der Waals surface area contributed by atoms with E-state index in [1.807, 2.05) is 0 Å². The molecule has 0 aliphatic carbocycles. The van der Waals surface area contributed by atoms with Gasteiger partial charge in [0.05, 0.1) is 6.61 Å². The van der Waals surface area contributed by atoms with E-state index in [0.29, 0.717) is 19.4 Å². The number of carbonyl (C=O) groups is 2. The Kier molecular flexibility index (Phi) is 45.4. The second-order valence-corrected chi connectivity index (χ2v) is 16.0. The van der Waals surface area contributed by atoms with Crippen LogP contribution in [-0.2, 0) is 23.8 Å². The first-order chi connectivity index (χ1) is 27.6. The smallest absolute Gasteiger partial charge is 0.306 e. The molecule has 5 heteroatoms. The van der Waals surface area contributed by atoms with Crippen LogP contribution in [0.2, 0.25) is 0 Å².